The fraction of sp³-hybridized carbons (Fsp3) is 0.167. The van der Waals surface area contributed by atoms with Crippen LogP contribution in [0.2, 0.25) is 0 Å². The van der Waals surface area contributed by atoms with E-state index in [-0.39, 0.29) is 5.75 Å². The summed E-state index contributed by atoms with van der Waals surface area (Å²) in [5, 5.41) is 9.70. The number of hydrogen-bond donors (Lipinski definition) is 1. The number of hydrogen-bond acceptors (Lipinski definition) is 2. The first-order chi connectivity index (χ1) is 6.65. The molecule has 1 aromatic rings. The highest BCUT2D eigenvalue weighted by Crippen LogP contribution is 2.30. The SMILES string of the molecule is C=C(C)C=Cc1cccc(OC)c1O. The fourth-order valence-electron chi connectivity index (χ4n) is 1.07. The number of phenols is 1. The van der Waals surface area contributed by atoms with Gasteiger partial charge in [-0.2, -0.15) is 0 Å². The highest BCUT2D eigenvalue weighted by molar-refractivity contribution is 5.62. The molecule has 1 aromatic carbocycles. The number of phenolic OH excluding ortho intramolecular Hbond substituents is 1. The Kier molecular flexibility index (Phi) is 3.35. The molecular weight excluding hydrogens is 176 g/mol. The van der Waals surface area contributed by atoms with Gasteiger partial charge < -0.3 is 9.84 Å². The summed E-state index contributed by atoms with van der Waals surface area (Å²) in [4.78, 5) is 0. The van der Waals surface area contributed by atoms with Gasteiger partial charge in [-0.05, 0) is 13.0 Å². The molecule has 0 bridgehead atoms. The van der Waals surface area contributed by atoms with Crippen LogP contribution in [0.3, 0.4) is 0 Å². The summed E-state index contributed by atoms with van der Waals surface area (Å²) in [7, 11) is 1.53. The van der Waals surface area contributed by atoms with Gasteiger partial charge in [0.25, 0.3) is 0 Å². The largest absolute Gasteiger partial charge is 0.504 e. The summed E-state index contributed by atoms with van der Waals surface area (Å²) in [5.41, 5.74) is 1.67. The minimum Gasteiger partial charge on any atom is -0.504 e. The van der Waals surface area contributed by atoms with Gasteiger partial charge in [0.15, 0.2) is 11.5 Å². The molecule has 0 unspecified atom stereocenters. The minimum atomic E-state index is 0.160. The van der Waals surface area contributed by atoms with Gasteiger partial charge in [-0.1, -0.05) is 36.4 Å². The summed E-state index contributed by atoms with van der Waals surface area (Å²) >= 11 is 0. The molecule has 0 amide bonds. The lowest BCUT2D eigenvalue weighted by atomic mass is 10.1. The van der Waals surface area contributed by atoms with Crippen molar-refractivity contribution in [3.8, 4) is 11.5 Å². The first kappa shape index (κ1) is 10.4. The van der Waals surface area contributed by atoms with Gasteiger partial charge in [-0.25, -0.2) is 0 Å². The Morgan fingerprint density at radius 2 is 2.21 bits per heavy atom. The topological polar surface area (TPSA) is 29.5 Å². The van der Waals surface area contributed by atoms with Crippen molar-refractivity contribution in [3.63, 3.8) is 0 Å². The van der Waals surface area contributed by atoms with Crippen LogP contribution in [0.25, 0.3) is 6.08 Å². The highest BCUT2D eigenvalue weighted by atomic mass is 16.5. The van der Waals surface area contributed by atoms with Gasteiger partial charge in [0.05, 0.1) is 7.11 Å². The molecule has 0 atom stereocenters. The predicted octanol–water partition coefficient (Wildman–Crippen LogP) is 2.99. The van der Waals surface area contributed by atoms with E-state index >= 15 is 0 Å². The summed E-state index contributed by atoms with van der Waals surface area (Å²) in [5.74, 6) is 0.640. The minimum absolute atomic E-state index is 0.160. The zero-order valence-electron chi connectivity index (χ0n) is 8.45. The van der Waals surface area contributed by atoms with Crippen LogP contribution in [-0.2, 0) is 0 Å². The van der Waals surface area contributed by atoms with E-state index < -0.39 is 0 Å². The van der Waals surface area contributed by atoms with Gasteiger partial charge in [-0.15, -0.1) is 0 Å². The molecule has 14 heavy (non-hydrogen) atoms. The molecule has 1 N–H and O–H groups in total. The normalized spacial score (nSPS) is 10.4. The van der Waals surface area contributed by atoms with Crippen LogP contribution in [0.5, 0.6) is 11.5 Å². The quantitative estimate of drug-likeness (QED) is 0.742. The Labute approximate surface area is 84.1 Å². The molecule has 74 valence electrons. The Morgan fingerprint density at radius 1 is 1.50 bits per heavy atom. The Bertz CT molecular complexity index is 365. The van der Waals surface area contributed by atoms with E-state index in [4.69, 9.17) is 4.74 Å². The van der Waals surface area contributed by atoms with Crippen LogP contribution >= 0.6 is 0 Å². The maximum absolute atomic E-state index is 9.70. The monoisotopic (exact) mass is 190 g/mol. The van der Waals surface area contributed by atoms with Crippen molar-refractivity contribution >= 4 is 6.08 Å². The lowest BCUT2D eigenvalue weighted by Gasteiger charge is -2.04. The molecule has 0 spiro atoms. The van der Waals surface area contributed by atoms with Gasteiger partial charge in [0.1, 0.15) is 0 Å². The number of para-hydroxylation sites is 1. The van der Waals surface area contributed by atoms with E-state index in [2.05, 4.69) is 6.58 Å². The molecule has 0 saturated heterocycles. The van der Waals surface area contributed by atoms with Crippen LogP contribution in [0, 0.1) is 0 Å². The number of methoxy groups -OCH3 is 1. The van der Waals surface area contributed by atoms with E-state index in [0.29, 0.717) is 5.75 Å². The number of aromatic hydroxyl groups is 1. The molecule has 0 aliphatic carbocycles. The Morgan fingerprint density at radius 3 is 2.79 bits per heavy atom. The predicted molar refractivity (Wildman–Crippen MR) is 58.5 cm³/mol. The van der Waals surface area contributed by atoms with Crippen molar-refractivity contribution in [1.82, 2.24) is 0 Å². The standard InChI is InChI=1S/C12H14O2/c1-9(2)7-8-10-5-4-6-11(14-3)12(10)13/h4-8,13H,1H2,2-3H3. The van der Waals surface area contributed by atoms with Gasteiger partial charge in [0.2, 0.25) is 0 Å². The zero-order valence-corrected chi connectivity index (χ0v) is 8.45. The molecule has 2 heteroatoms. The van der Waals surface area contributed by atoms with Crippen molar-refractivity contribution in [2.75, 3.05) is 7.11 Å². The van der Waals surface area contributed by atoms with E-state index in [9.17, 15) is 5.11 Å². The average Bonchev–Trinajstić information content (AvgIpc) is 2.16. The van der Waals surface area contributed by atoms with E-state index in [1.165, 1.54) is 7.11 Å². The second-order valence-electron chi connectivity index (χ2n) is 3.08. The van der Waals surface area contributed by atoms with Crippen molar-refractivity contribution < 1.29 is 9.84 Å². The first-order valence-electron chi connectivity index (χ1n) is 4.34. The number of rotatable bonds is 3. The van der Waals surface area contributed by atoms with Gasteiger partial charge >= 0.3 is 0 Å². The molecule has 0 fully saturated rings. The van der Waals surface area contributed by atoms with Crippen molar-refractivity contribution in [1.29, 1.82) is 0 Å². The fourth-order valence-corrected chi connectivity index (χ4v) is 1.07. The highest BCUT2D eigenvalue weighted by Gasteiger charge is 2.03. The smallest absolute Gasteiger partial charge is 0.165 e. The lowest BCUT2D eigenvalue weighted by Crippen LogP contribution is -1.84. The maximum atomic E-state index is 9.70. The molecule has 0 aliphatic rings. The number of ether oxygens (including phenoxy) is 1. The molecule has 0 heterocycles. The molecular formula is C12H14O2. The van der Waals surface area contributed by atoms with Crippen LogP contribution in [-0.4, -0.2) is 12.2 Å². The summed E-state index contributed by atoms with van der Waals surface area (Å²) < 4.78 is 4.99. The first-order valence-corrected chi connectivity index (χ1v) is 4.34. The molecule has 0 aromatic heterocycles. The van der Waals surface area contributed by atoms with Crippen LogP contribution in [0.1, 0.15) is 12.5 Å². The van der Waals surface area contributed by atoms with Gasteiger partial charge in [-0.3, -0.25) is 0 Å². The van der Waals surface area contributed by atoms with E-state index in [1.807, 2.05) is 25.1 Å². The third-order valence-corrected chi connectivity index (χ3v) is 1.80. The molecule has 0 radical (unpaired) electrons. The maximum Gasteiger partial charge on any atom is 0.165 e. The Hall–Kier alpha value is -1.70. The summed E-state index contributed by atoms with van der Waals surface area (Å²) in [6.07, 6.45) is 3.65. The van der Waals surface area contributed by atoms with Crippen molar-refractivity contribution in [2.24, 2.45) is 0 Å². The zero-order chi connectivity index (χ0) is 10.6. The second-order valence-corrected chi connectivity index (χ2v) is 3.08. The van der Waals surface area contributed by atoms with Crippen molar-refractivity contribution in [3.05, 3.63) is 42.0 Å². The van der Waals surface area contributed by atoms with Crippen LogP contribution in [0.4, 0.5) is 0 Å². The van der Waals surface area contributed by atoms with Gasteiger partial charge in [0, 0.05) is 5.56 Å². The molecule has 1 rings (SSSR count). The lowest BCUT2D eigenvalue weighted by molar-refractivity contribution is 0.373. The second kappa shape index (κ2) is 4.51. The molecule has 2 nitrogen and oxygen atoms in total. The Balaban J connectivity index is 3.03. The molecule has 0 aliphatic heterocycles. The number of benzene rings is 1. The summed E-state index contributed by atoms with van der Waals surface area (Å²) in [6.45, 7) is 5.64. The third-order valence-electron chi connectivity index (χ3n) is 1.80. The van der Waals surface area contributed by atoms with E-state index in [1.54, 1.807) is 12.1 Å². The van der Waals surface area contributed by atoms with Crippen LogP contribution < -0.4 is 4.74 Å². The third kappa shape index (κ3) is 2.39. The summed E-state index contributed by atoms with van der Waals surface area (Å²) in [6, 6.07) is 5.36. The number of allylic oxidation sites excluding steroid dienone is 2. The van der Waals surface area contributed by atoms with Crippen LogP contribution in [0.15, 0.2) is 36.4 Å². The molecule has 0 saturated carbocycles. The van der Waals surface area contributed by atoms with Crippen molar-refractivity contribution in [2.45, 2.75) is 6.92 Å². The average molecular weight is 190 g/mol. The van der Waals surface area contributed by atoms with E-state index in [0.717, 1.165) is 11.1 Å².